The van der Waals surface area contributed by atoms with Gasteiger partial charge in [-0.05, 0) is 25.5 Å². The third kappa shape index (κ3) is 1.40. The summed E-state index contributed by atoms with van der Waals surface area (Å²) < 4.78 is 1.45. The number of hydrogen-bond donors (Lipinski definition) is 0. The monoisotopic (exact) mass is 208 g/mol. The Morgan fingerprint density at radius 2 is 2.07 bits per heavy atom. The van der Waals surface area contributed by atoms with Crippen LogP contribution in [0, 0.1) is 13.8 Å². The van der Waals surface area contributed by atoms with Crippen LogP contribution in [0.25, 0.3) is 5.65 Å². The van der Waals surface area contributed by atoms with Crippen molar-refractivity contribution in [3.8, 4) is 0 Å². The first kappa shape index (κ1) is 9.21. The Morgan fingerprint density at radius 3 is 2.79 bits per heavy atom. The average molecular weight is 209 g/mol. The maximum Gasteiger partial charge on any atom is 0.258 e. The average Bonchev–Trinajstić information content (AvgIpc) is 2.08. The molecule has 4 heteroatoms. The molecule has 2 rings (SSSR count). The van der Waals surface area contributed by atoms with E-state index >= 15 is 0 Å². The van der Waals surface area contributed by atoms with Crippen LogP contribution < -0.4 is 5.56 Å². The van der Waals surface area contributed by atoms with Gasteiger partial charge in [0, 0.05) is 18.0 Å². The molecular weight excluding hydrogens is 200 g/mol. The Bertz CT molecular complexity index is 560. The van der Waals surface area contributed by atoms with Crippen LogP contribution in [-0.4, -0.2) is 9.38 Å². The SMILES string of the molecule is Cc1cc(=O)n2cc(Cl)c(C)cc2n1. The molecule has 0 spiro atoms. The molecule has 0 unspecified atom stereocenters. The third-order valence-corrected chi connectivity index (χ3v) is 2.47. The second-order valence-corrected chi connectivity index (χ2v) is 3.68. The van der Waals surface area contributed by atoms with E-state index in [1.807, 2.05) is 6.92 Å². The van der Waals surface area contributed by atoms with E-state index in [1.54, 1.807) is 19.2 Å². The first-order valence-electron chi connectivity index (χ1n) is 4.24. The van der Waals surface area contributed by atoms with E-state index < -0.39 is 0 Å². The van der Waals surface area contributed by atoms with Gasteiger partial charge in [0.25, 0.3) is 5.56 Å². The quantitative estimate of drug-likeness (QED) is 0.664. The summed E-state index contributed by atoms with van der Waals surface area (Å²) in [6, 6.07) is 3.29. The number of hydrogen-bond acceptors (Lipinski definition) is 2. The van der Waals surface area contributed by atoms with Crippen molar-refractivity contribution in [1.29, 1.82) is 0 Å². The van der Waals surface area contributed by atoms with Crippen LogP contribution in [0.5, 0.6) is 0 Å². The second kappa shape index (κ2) is 3.10. The van der Waals surface area contributed by atoms with Crippen LogP contribution in [0.1, 0.15) is 11.3 Å². The zero-order chi connectivity index (χ0) is 10.3. The predicted molar refractivity (Wildman–Crippen MR) is 55.9 cm³/mol. The molecule has 0 fully saturated rings. The smallest absolute Gasteiger partial charge is 0.258 e. The van der Waals surface area contributed by atoms with Gasteiger partial charge in [-0.3, -0.25) is 9.20 Å². The summed E-state index contributed by atoms with van der Waals surface area (Å²) in [6.07, 6.45) is 1.60. The number of nitrogens with zero attached hydrogens (tertiary/aromatic N) is 2. The van der Waals surface area contributed by atoms with Crippen LogP contribution in [0.3, 0.4) is 0 Å². The van der Waals surface area contributed by atoms with Crippen molar-refractivity contribution in [2.24, 2.45) is 0 Å². The number of rotatable bonds is 0. The first-order valence-corrected chi connectivity index (χ1v) is 4.62. The summed E-state index contributed by atoms with van der Waals surface area (Å²) in [6.45, 7) is 3.68. The number of pyridine rings is 1. The lowest BCUT2D eigenvalue weighted by Gasteiger charge is -2.03. The normalized spacial score (nSPS) is 10.8. The Balaban J connectivity index is 2.96. The molecule has 0 aliphatic rings. The Labute approximate surface area is 86.0 Å². The standard InChI is InChI=1S/C10H9ClN2O/c1-6-3-9-12-7(2)4-10(14)13(9)5-8(6)11/h3-5H,1-2H3. The van der Waals surface area contributed by atoms with Crippen molar-refractivity contribution in [2.75, 3.05) is 0 Å². The molecule has 0 radical (unpaired) electrons. The van der Waals surface area contributed by atoms with Crippen molar-refractivity contribution >= 4 is 17.2 Å². The topological polar surface area (TPSA) is 34.4 Å². The van der Waals surface area contributed by atoms with Crippen LogP contribution in [0.15, 0.2) is 23.1 Å². The molecule has 14 heavy (non-hydrogen) atoms. The molecule has 0 aromatic carbocycles. The molecule has 0 N–H and O–H groups in total. The summed E-state index contributed by atoms with van der Waals surface area (Å²) in [5, 5.41) is 0.574. The zero-order valence-corrected chi connectivity index (χ0v) is 8.67. The highest BCUT2D eigenvalue weighted by atomic mass is 35.5. The molecule has 0 atom stereocenters. The van der Waals surface area contributed by atoms with E-state index in [-0.39, 0.29) is 5.56 Å². The first-order chi connectivity index (χ1) is 6.58. The van der Waals surface area contributed by atoms with E-state index in [4.69, 9.17) is 11.6 Å². The largest absolute Gasteiger partial charge is 0.269 e. The van der Waals surface area contributed by atoms with Gasteiger partial charge < -0.3 is 0 Å². The number of halogens is 1. The molecule has 3 nitrogen and oxygen atoms in total. The molecular formula is C10H9ClN2O. The second-order valence-electron chi connectivity index (χ2n) is 3.27. The van der Waals surface area contributed by atoms with Crippen molar-refractivity contribution < 1.29 is 0 Å². The van der Waals surface area contributed by atoms with E-state index in [0.717, 1.165) is 11.3 Å². The van der Waals surface area contributed by atoms with Crippen LogP contribution in [0.2, 0.25) is 5.02 Å². The molecule has 2 aromatic rings. The summed E-state index contributed by atoms with van der Waals surface area (Å²) in [5.74, 6) is 0. The van der Waals surface area contributed by atoms with E-state index in [1.165, 1.54) is 10.5 Å². The van der Waals surface area contributed by atoms with Gasteiger partial charge in [0.2, 0.25) is 0 Å². The van der Waals surface area contributed by atoms with Crippen LogP contribution >= 0.6 is 11.6 Å². The Kier molecular flexibility index (Phi) is 2.04. The van der Waals surface area contributed by atoms with Gasteiger partial charge in [0.1, 0.15) is 5.65 Å². The fraction of sp³-hybridized carbons (Fsp3) is 0.200. The molecule has 0 saturated heterocycles. The zero-order valence-electron chi connectivity index (χ0n) is 7.91. The maximum atomic E-state index is 11.5. The predicted octanol–water partition coefficient (Wildman–Crippen LogP) is 1.96. The fourth-order valence-electron chi connectivity index (χ4n) is 1.34. The number of aryl methyl sites for hydroxylation is 2. The molecule has 0 bridgehead atoms. The molecule has 2 heterocycles. The van der Waals surface area contributed by atoms with E-state index in [9.17, 15) is 4.79 Å². The molecule has 0 saturated carbocycles. The van der Waals surface area contributed by atoms with E-state index in [0.29, 0.717) is 10.7 Å². The lowest BCUT2D eigenvalue weighted by Crippen LogP contribution is -2.14. The van der Waals surface area contributed by atoms with Crippen LogP contribution in [-0.2, 0) is 0 Å². The minimum absolute atomic E-state index is 0.102. The van der Waals surface area contributed by atoms with Crippen molar-refractivity contribution in [3.05, 3.63) is 45.0 Å². The molecule has 0 aliphatic heterocycles. The highest BCUT2D eigenvalue weighted by molar-refractivity contribution is 6.31. The Morgan fingerprint density at radius 1 is 1.36 bits per heavy atom. The van der Waals surface area contributed by atoms with Gasteiger partial charge in [-0.2, -0.15) is 0 Å². The number of fused-ring (bicyclic) bond motifs is 1. The van der Waals surface area contributed by atoms with Gasteiger partial charge >= 0.3 is 0 Å². The minimum atomic E-state index is -0.102. The number of aromatic nitrogens is 2. The van der Waals surface area contributed by atoms with Crippen LogP contribution in [0.4, 0.5) is 0 Å². The van der Waals surface area contributed by atoms with Gasteiger partial charge in [-0.15, -0.1) is 0 Å². The van der Waals surface area contributed by atoms with Gasteiger partial charge in [0.05, 0.1) is 5.02 Å². The minimum Gasteiger partial charge on any atom is -0.269 e. The van der Waals surface area contributed by atoms with Crippen molar-refractivity contribution in [3.63, 3.8) is 0 Å². The van der Waals surface area contributed by atoms with Crippen molar-refractivity contribution in [1.82, 2.24) is 9.38 Å². The fourth-order valence-corrected chi connectivity index (χ4v) is 1.49. The lowest BCUT2D eigenvalue weighted by molar-refractivity contribution is 1.01. The summed E-state index contributed by atoms with van der Waals surface area (Å²) in [7, 11) is 0. The summed E-state index contributed by atoms with van der Waals surface area (Å²) in [4.78, 5) is 15.8. The van der Waals surface area contributed by atoms with Gasteiger partial charge in [-0.25, -0.2) is 4.98 Å². The summed E-state index contributed by atoms with van der Waals surface area (Å²) >= 11 is 5.91. The Hall–Kier alpha value is -1.35. The molecule has 2 aromatic heterocycles. The molecule has 0 aliphatic carbocycles. The third-order valence-electron chi connectivity index (χ3n) is 2.07. The van der Waals surface area contributed by atoms with Crippen molar-refractivity contribution in [2.45, 2.75) is 13.8 Å². The molecule has 72 valence electrons. The highest BCUT2D eigenvalue weighted by Gasteiger charge is 2.02. The highest BCUT2D eigenvalue weighted by Crippen LogP contribution is 2.14. The van der Waals surface area contributed by atoms with Gasteiger partial charge in [-0.1, -0.05) is 11.6 Å². The maximum absolute atomic E-state index is 11.5. The van der Waals surface area contributed by atoms with Gasteiger partial charge in [0.15, 0.2) is 0 Å². The molecule has 0 amide bonds. The van der Waals surface area contributed by atoms with E-state index in [2.05, 4.69) is 4.98 Å². The summed E-state index contributed by atoms with van der Waals surface area (Å²) in [5.41, 5.74) is 2.17. The lowest BCUT2D eigenvalue weighted by atomic mass is 10.3.